The summed E-state index contributed by atoms with van der Waals surface area (Å²) in [5.74, 6) is -0.559. The second kappa shape index (κ2) is 67.3. The molecule has 0 aliphatic rings. The van der Waals surface area contributed by atoms with Crippen LogP contribution in [0.25, 0.3) is 0 Å². The number of likely N-dealkylation sites (N-methyl/N-ethyl adjacent to an activating group) is 1. The number of carbonyl (C=O) groups is 2. The summed E-state index contributed by atoms with van der Waals surface area (Å²) in [6.07, 6.45) is 94.6. The number of quaternary nitrogens is 1. The molecule has 0 saturated carbocycles. The average molecular weight is 1260 g/mol. The van der Waals surface area contributed by atoms with E-state index < -0.39 is 26.6 Å². The highest BCUT2D eigenvalue weighted by molar-refractivity contribution is 7.45. The van der Waals surface area contributed by atoms with Crippen molar-refractivity contribution in [3.8, 4) is 0 Å². The number of phosphoric acid groups is 1. The van der Waals surface area contributed by atoms with Crippen LogP contribution in [0.15, 0.2) is 122 Å². The molecule has 1 amide bonds. The summed E-state index contributed by atoms with van der Waals surface area (Å²) in [5, 5.41) is 3.04. The Hall–Kier alpha value is -3.59. The fourth-order valence-corrected chi connectivity index (χ4v) is 11.0. The van der Waals surface area contributed by atoms with Gasteiger partial charge in [-0.15, -0.1) is 0 Å². The second-order valence-corrected chi connectivity index (χ2v) is 27.1. The fourth-order valence-electron chi connectivity index (χ4n) is 10.2. The Kier molecular flexibility index (Phi) is 64.6. The van der Waals surface area contributed by atoms with Crippen LogP contribution in [0.1, 0.15) is 316 Å². The third-order valence-electron chi connectivity index (χ3n) is 15.9. The normalized spacial score (nSPS) is 14.2. The molecule has 0 heterocycles. The van der Waals surface area contributed by atoms with Crippen molar-refractivity contribution in [1.29, 1.82) is 0 Å². The van der Waals surface area contributed by atoms with Gasteiger partial charge in [0.15, 0.2) is 0 Å². The minimum absolute atomic E-state index is 0.0305. The van der Waals surface area contributed by atoms with E-state index in [-0.39, 0.29) is 24.9 Å². The first-order valence-corrected chi connectivity index (χ1v) is 38.3. The van der Waals surface area contributed by atoms with E-state index in [9.17, 15) is 19.0 Å². The number of phosphoric ester groups is 1. The van der Waals surface area contributed by atoms with Crippen LogP contribution in [0, 0.1) is 0 Å². The summed E-state index contributed by atoms with van der Waals surface area (Å²) in [6.45, 7) is 6.71. The maximum absolute atomic E-state index is 13.6. The summed E-state index contributed by atoms with van der Waals surface area (Å²) >= 11 is 0. The number of hydrogen-bond acceptors (Lipinski definition) is 7. The van der Waals surface area contributed by atoms with Gasteiger partial charge in [0.1, 0.15) is 19.3 Å². The molecule has 0 aromatic heterocycles. The van der Waals surface area contributed by atoms with Crippen LogP contribution in [-0.4, -0.2) is 69.4 Å². The van der Waals surface area contributed by atoms with Crippen molar-refractivity contribution in [2.24, 2.45) is 0 Å². The molecule has 3 unspecified atom stereocenters. The van der Waals surface area contributed by atoms with E-state index in [0.29, 0.717) is 23.9 Å². The van der Waals surface area contributed by atoms with Crippen LogP contribution in [0.2, 0.25) is 0 Å². The molecular weight excluding hydrogens is 1120 g/mol. The molecule has 0 aromatic rings. The highest BCUT2D eigenvalue weighted by Gasteiger charge is 2.27. The molecule has 89 heavy (non-hydrogen) atoms. The summed E-state index contributed by atoms with van der Waals surface area (Å²) in [7, 11) is 1.17. The maximum atomic E-state index is 13.6. The largest absolute Gasteiger partial charge is 0.756 e. The molecule has 1 N–H and O–H groups in total. The number of nitrogens with one attached hydrogen (secondary N) is 1. The Bertz CT molecular complexity index is 1940. The lowest BCUT2D eigenvalue weighted by atomic mass is 10.0. The number of ether oxygens (including phenoxy) is 1. The van der Waals surface area contributed by atoms with E-state index in [2.05, 4.69) is 135 Å². The fraction of sp³-hybridized carbons (Fsp3) is 0.722. The van der Waals surface area contributed by atoms with Gasteiger partial charge in [0.25, 0.3) is 7.82 Å². The Morgan fingerprint density at radius 1 is 0.404 bits per heavy atom. The van der Waals surface area contributed by atoms with Crippen LogP contribution < -0.4 is 10.2 Å². The van der Waals surface area contributed by atoms with Gasteiger partial charge in [0.2, 0.25) is 5.91 Å². The molecule has 0 bridgehead atoms. The zero-order valence-electron chi connectivity index (χ0n) is 58.6. The number of unbranched alkanes of at least 4 members (excludes halogenated alkanes) is 32. The Morgan fingerprint density at radius 2 is 0.719 bits per heavy atom. The lowest BCUT2D eigenvalue weighted by Crippen LogP contribution is -2.47. The van der Waals surface area contributed by atoms with Gasteiger partial charge in [-0.25, -0.2) is 0 Å². The van der Waals surface area contributed by atoms with Gasteiger partial charge in [-0.3, -0.25) is 14.2 Å². The van der Waals surface area contributed by atoms with E-state index in [1.807, 2.05) is 33.3 Å². The van der Waals surface area contributed by atoms with Gasteiger partial charge in [-0.2, -0.15) is 0 Å². The third kappa shape index (κ3) is 68.6. The number of rotatable bonds is 66. The van der Waals surface area contributed by atoms with Gasteiger partial charge < -0.3 is 28.5 Å². The minimum Gasteiger partial charge on any atom is -0.756 e. The van der Waals surface area contributed by atoms with Crippen LogP contribution in [0.3, 0.4) is 0 Å². The third-order valence-corrected chi connectivity index (χ3v) is 16.8. The topological polar surface area (TPSA) is 114 Å². The molecule has 0 aliphatic heterocycles. The number of nitrogens with zero attached hydrogens (tertiary/aromatic N) is 1. The summed E-state index contributed by atoms with van der Waals surface area (Å²) < 4.78 is 30.5. The molecule has 0 rings (SSSR count). The van der Waals surface area contributed by atoms with Crippen LogP contribution >= 0.6 is 7.82 Å². The highest BCUT2D eigenvalue weighted by atomic mass is 31.2. The van der Waals surface area contributed by atoms with Crippen molar-refractivity contribution in [2.45, 2.75) is 328 Å². The molecular formula is C79H139N2O7P. The molecule has 512 valence electrons. The van der Waals surface area contributed by atoms with Crippen LogP contribution in [0.4, 0.5) is 0 Å². The molecule has 0 spiro atoms. The van der Waals surface area contributed by atoms with Crippen LogP contribution in [0.5, 0.6) is 0 Å². The number of esters is 1. The molecule has 0 saturated heterocycles. The molecule has 3 atom stereocenters. The molecule has 9 nitrogen and oxygen atoms in total. The first kappa shape index (κ1) is 85.4. The lowest BCUT2D eigenvalue weighted by Gasteiger charge is -2.30. The standard InChI is InChI=1S/C79H139N2O7P/c1-7-10-13-16-19-22-25-28-30-32-34-36-38-40-42-44-46-48-50-53-56-59-62-65-68-71-78(82)80-76(75-87-89(84,85)86-74-73-81(4,5)6)77(70-67-64-61-58-55-52-27-24-21-18-15-12-9-3)88-79(83)72-69-66-63-60-57-54-51-49-47-45-43-41-39-37-35-33-31-29-26-23-20-17-14-11-8-2/h11,14,19-20,22-23,28-31,34-37,41,43,47,49,67,70,76-77H,7-10,12-13,15-18,21,24-27,32-33,38-40,42,44-46,48,50-66,68-69,71-75H2,1-6H3,(H-,80,82,84,85)/b14-11-,22-19-,23-20-,30-28-,31-29-,36-34-,37-35-,43-41-,49-47-,70-67+. The Labute approximate surface area is 550 Å². The minimum atomic E-state index is -4.72. The Balaban J connectivity index is 5.12. The lowest BCUT2D eigenvalue weighted by molar-refractivity contribution is -0.870. The molecule has 10 heteroatoms. The SMILES string of the molecule is CC/C=C\C/C=C\C/C=C\C/C=C\C/C=C\C/C=C\CCCCCCCCC(=O)OC(/C=C/CCCCCCCCCCCCC)C(COP(=O)([O-])OCC[N+](C)(C)C)NC(=O)CCCCCCCCCCCCCC/C=C\C/C=C\C/C=C\CCCCC. The van der Waals surface area contributed by atoms with E-state index in [0.717, 1.165) is 135 Å². The average Bonchev–Trinajstić information content (AvgIpc) is 3.54. The summed E-state index contributed by atoms with van der Waals surface area (Å²) in [4.78, 5) is 40.3. The first-order chi connectivity index (χ1) is 43.4. The van der Waals surface area contributed by atoms with E-state index in [1.54, 1.807) is 0 Å². The maximum Gasteiger partial charge on any atom is 0.306 e. The molecule has 0 aromatic carbocycles. The summed E-state index contributed by atoms with van der Waals surface area (Å²) in [5.41, 5.74) is 0. The van der Waals surface area contributed by atoms with Gasteiger partial charge >= 0.3 is 5.97 Å². The van der Waals surface area contributed by atoms with Crippen molar-refractivity contribution in [3.05, 3.63) is 122 Å². The van der Waals surface area contributed by atoms with Gasteiger partial charge in [-0.05, 0) is 122 Å². The quantitative estimate of drug-likeness (QED) is 0.0212. The molecule has 0 radical (unpaired) electrons. The van der Waals surface area contributed by atoms with E-state index >= 15 is 0 Å². The van der Waals surface area contributed by atoms with Crippen molar-refractivity contribution in [1.82, 2.24) is 5.32 Å². The number of hydrogen-bond donors (Lipinski definition) is 1. The van der Waals surface area contributed by atoms with Crippen molar-refractivity contribution in [3.63, 3.8) is 0 Å². The van der Waals surface area contributed by atoms with E-state index in [1.165, 1.54) is 141 Å². The molecule has 0 aliphatic carbocycles. The van der Waals surface area contributed by atoms with Crippen molar-refractivity contribution in [2.75, 3.05) is 40.9 Å². The Morgan fingerprint density at radius 3 is 1.10 bits per heavy atom. The first-order valence-electron chi connectivity index (χ1n) is 36.8. The van der Waals surface area contributed by atoms with Crippen LogP contribution in [-0.2, 0) is 27.9 Å². The summed E-state index contributed by atoms with van der Waals surface area (Å²) in [6, 6.07) is -0.905. The number of amides is 1. The van der Waals surface area contributed by atoms with Crippen molar-refractivity contribution < 1.29 is 37.3 Å². The highest BCUT2D eigenvalue weighted by Crippen LogP contribution is 2.38. The van der Waals surface area contributed by atoms with E-state index in [4.69, 9.17) is 13.8 Å². The second-order valence-electron chi connectivity index (χ2n) is 25.7. The zero-order valence-corrected chi connectivity index (χ0v) is 59.5. The number of carbonyl (C=O) groups excluding carboxylic acids is 2. The van der Waals surface area contributed by atoms with Gasteiger partial charge in [-0.1, -0.05) is 303 Å². The number of allylic oxidation sites excluding steroid dienone is 19. The van der Waals surface area contributed by atoms with Gasteiger partial charge in [0.05, 0.1) is 33.8 Å². The predicted molar refractivity (Wildman–Crippen MR) is 385 cm³/mol. The predicted octanol–water partition coefficient (Wildman–Crippen LogP) is 23.2. The smallest absolute Gasteiger partial charge is 0.306 e. The van der Waals surface area contributed by atoms with Gasteiger partial charge in [0, 0.05) is 12.8 Å². The van der Waals surface area contributed by atoms with Crippen molar-refractivity contribution >= 4 is 19.7 Å². The zero-order chi connectivity index (χ0) is 64.9. The monoisotopic (exact) mass is 1260 g/mol. The molecule has 0 fully saturated rings.